The van der Waals surface area contributed by atoms with Crippen LogP contribution in [0, 0.1) is 0 Å². The first kappa shape index (κ1) is 75.1. The number of carbonyl (C=O) groups excluding carboxylic acids is 3. The highest BCUT2D eigenvalue weighted by Gasteiger charge is 2.19. The van der Waals surface area contributed by atoms with Crippen molar-refractivity contribution in [3.05, 3.63) is 60.8 Å². The number of unbranched alkanes of at least 4 members (excludes halogenated alkanes) is 42. The molecule has 0 heterocycles. The van der Waals surface area contributed by atoms with E-state index in [2.05, 4.69) is 81.5 Å². The molecule has 0 amide bonds. The first-order valence-electron chi connectivity index (χ1n) is 34.3. The predicted octanol–water partition coefficient (Wildman–Crippen LogP) is 23.5. The Kier molecular flexibility index (Phi) is 64.2. The van der Waals surface area contributed by atoms with Gasteiger partial charge in [0.25, 0.3) is 0 Å². The SMILES string of the molecule is CC/C=C\C/C=C\C/C=C\C/C=C\CCCCCCCCCCCCCCCCCCCCCCC(=O)OCC(COC(=O)CCCCCCCCCCC)OC(=O)CCCCCCCCC/C=C\CCCCCCCCC. The van der Waals surface area contributed by atoms with Gasteiger partial charge < -0.3 is 14.2 Å². The van der Waals surface area contributed by atoms with Gasteiger partial charge >= 0.3 is 17.9 Å². The second kappa shape index (κ2) is 66.6. The number of hydrogen-bond donors (Lipinski definition) is 0. The Balaban J connectivity index is 4.05. The summed E-state index contributed by atoms with van der Waals surface area (Å²) in [6.07, 6.45) is 85.5. The molecular formula is C72H130O6. The van der Waals surface area contributed by atoms with Crippen molar-refractivity contribution in [2.24, 2.45) is 0 Å². The van der Waals surface area contributed by atoms with Gasteiger partial charge in [-0.3, -0.25) is 14.4 Å². The van der Waals surface area contributed by atoms with Gasteiger partial charge in [0.05, 0.1) is 0 Å². The van der Waals surface area contributed by atoms with Crippen LogP contribution in [0.4, 0.5) is 0 Å². The summed E-state index contributed by atoms with van der Waals surface area (Å²) in [7, 11) is 0. The van der Waals surface area contributed by atoms with E-state index in [4.69, 9.17) is 14.2 Å². The van der Waals surface area contributed by atoms with Crippen LogP contribution in [0.2, 0.25) is 0 Å². The molecule has 1 unspecified atom stereocenters. The third-order valence-corrected chi connectivity index (χ3v) is 15.3. The molecule has 0 radical (unpaired) electrons. The second-order valence-electron chi connectivity index (χ2n) is 23.1. The Hall–Kier alpha value is -2.89. The standard InChI is InChI=1S/C72H130O6/c1-4-7-10-13-16-19-21-23-25-27-29-30-31-32-33-34-35-36-37-38-39-40-41-42-43-45-46-48-50-53-56-59-62-65-71(74)77-68-69(67-76-70(73)64-61-58-55-52-18-15-12-9-6-3)78-72(75)66-63-60-57-54-51-49-47-44-28-26-24-22-20-17-14-11-8-5-2/h7,10,16,19,23,25-26,28-30,69H,4-6,8-9,11-15,17-18,20-22,24,27,31-68H2,1-3H3/b10-7-,19-16-,25-23-,28-26-,30-29-. The van der Waals surface area contributed by atoms with Gasteiger partial charge in [0.2, 0.25) is 0 Å². The molecule has 0 aromatic carbocycles. The van der Waals surface area contributed by atoms with Crippen LogP contribution in [0.1, 0.15) is 361 Å². The first-order valence-corrected chi connectivity index (χ1v) is 34.3. The quantitative estimate of drug-likeness (QED) is 0.0261. The Bertz CT molecular complexity index is 1390. The molecule has 0 aliphatic heterocycles. The lowest BCUT2D eigenvalue weighted by atomic mass is 10.0. The molecule has 0 fully saturated rings. The topological polar surface area (TPSA) is 78.9 Å². The molecule has 0 aromatic heterocycles. The first-order chi connectivity index (χ1) is 38.5. The Morgan fingerprint density at radius 2 is 0.500 bits per heavy atom. The van der Waals surface area contributed by atoms with E-state index in [1.54, 1.807) is 0 Å². The molecule has 6 heteroatoms. The number of carbonyl (C=O) groups is 3. The third kappa shape index (κ3) is 63.9. The van der Waals surface area contributed by atoms with Gasteiger partial charge in [0.1, 0.15) is 13.2 Å². The number of ether oxygens (including phenoxy) is 3. The summed E-state index contributed by atoms with van der Waals surface area (Å²) in [6.45, 7) is 6.55. The van der Waals surface area contributed by atoms with Crippen molar-refractivity contribution in [2.45, 2.75) is 367 Å². The molecule has 0 aliphatic carbocycles. The fraction of sp³-hybridized carbons (Fsp3) is 0.819. The average molecular weight is 1090 g/mol. The lowest BCUT2D eigenvalue weighted by molar-refractivity contribution is -0.167. The highest BCUT2D eigenvalue weighted by Crippen LogP contribution is 2.18. The zero-order valence-electron chi connectivity index (χ0n) is 52.2. The van der Waals surface area contributed by atoms with Gasteiger partial charge in [-0.25, -0.2) is 0 Å². The number of hydrogen-bond acceptors (Lipinski definition) is 6. The zero-order chi connectivity index (χ0) is 56.4. The van der Waals surface area contributed by atoms with Crippen molar-refractivity contribution in [2.75, 3.05) is 13.2 Å². The summed E-state index contributed by atoms with van der Waals surface area (Å²) in [5.74, 6) is -0.855. The zero-order valence-corrected chi connectivity index (χ0v) is 52.2. The molecular weight excluding hydrogens is 961 g/mol. The van der Waals surface area contributed by atoms with Crippen LogP contribution >= 0.6 is 0 Å². The minimum absolute atomic E-state index is 0.0699. The van der Waals surface area contributed by atoms with Crippen molar-refractivity contribution in [1.29, 1.82) is 0 Å². The van der Waals surface area contributed by atoms with Gasteiger partial charge in [-0.1, -0.05) is 319 Å². The molecule has 1 atom stereocenters. The minimum atomic E-state index is -0.771. The summed E-state index contributed by atoms with van der Waals surface area (Å²) >= 11 is 0. The molecule has 0 spiro atoms. The predicted molar refractivity (Wildman–Crippen MR) is 339 cm³/mol. The molecule has 0 aromatic rings. The third-order valence-electron chi connectivity index (χ3n) is 15.3. The van der Waals surface area contributed by atoms with Crippen LogP contribution in [-0.4, -0.2) is 37.2 Å². The maximum atomic E-state index is 12.9. The van der Waals surface area contributed by atoms with Crippen molar-refractivity contribution < 1.29 is 28.6 Å². The molecule has 0 saturated carbocycles. The van der Waals surface area contributed by atoms with E-state index in [1.165, 1.54) is 238 Å². The summed E-state index contributed by atoms with van der Waals surface area (Å²) in [5, 5.41) is 0. The molecule has 0 N–H and O–H groups in total. The van der Waals surface area contributed by atoms with Gasteiger partial charge in [0.15, 0.2) is 6.10 Å². The largest absolute Gasteiger partial charge is 0.462 e. The fourth-order valence-electron chi connectivity index (χ4n) is 10.1. The Morgan fingerprint density at radius 3 is 0.795 bits per heavy atom. The van der Waals surface area contributed by atoms with Gasteiger partial charge in [-0.15, -0.1) is 0 Å². The van der Waals surface area contributed by atoms with E-state index in [0.717, 1.165) is 83.5 Å². The lowest BCUT2D eigenvalue weighted by Gasteiger charge is -2.18. The fourth-order valence-corrected chi connectivity index (χ4v) is 10.1. The maximum absolute atomic E-state index is 12.9. The van der Waals surface area contributed by atoms with E-state index >= 15 is 0 Å². The van der Waals surface area contributed by atoms with Crippen molar-refractivity contribution >= 4 is 17.9 Å². The molecule has 454 valence electrons. The van der Waals surface area contributed by atoms with E-state index in [-0.39, 0.29) is 31.1 Å². The summed E-state index contributed by atoms with van der Waals surface area (Å²) in [4.78, 5) is 38.2. The Labute approximate surface area is 485 Å². The lowest BCUT2D eigenvalue weighted by Crippen LogP contribution is -2.30. The number of rotatable bonds is 63. The van der Waals surface area contributed by atoms with Gasteiger partial charge in [0, 0.05) is 19.3 Å². The molecule has 78 heavy (non-hydrogen) atoms. The van der Waals surface area contributed by atoms with E-state index < -0.39 is 6.10 Å². The van der Waals surface area contributed by atoms with Crippen LogP contribution in [0.15, 0.2) is 60.8 Å². The van der Waals surface area contributed by atoms with E-state index in [9.17, 15) is 14.4 Å². The molecule has 0 bridgehead atoms. The molecule has 0 saturated heterocycles. The van der Waals surface area contributed by atoms with Crippen LogP contribution in [0.5, 0.6) is 0 Å². The van der Waals surface area contributed by atoms with Crippen molar-refractivity contribution in [3.8, 4) is 0 Å². The van der Waals surface area contributed by atoms with Crippen LogP contribution in [0.3, 0.4) is 0 Å². The summed E-state index contributed by atoms with van der Waals surface area (Å²) < 4.78 is 16.9. The van der Waals surface area contributed by atoms with Gasteiger partial charge in [-0.05, 0) is 83.5 Å². The monoisotopic (exact) mass is 1090 g/mol. The highest BCUT2D eigenvalue weighted by molar-refractivity contribution is 5.71. The Morgan fingerprint density at radius 1 is 0.269 bits per heavy atom. The van der Waals surface area contributed by atoms with E-state index in [1.807, 2.05) is 0 Å². The van der Waals surface area contributed by atoms with Crippen molar-refractivity contribution in [3.63, 3.8) is 0 Å². The average Bonchev–Trinajstić information content (AvgIpc) is 3.44. The summed E-state index contributed by atoms with van der Waals surface area (Å²) in [6, 6.07) is 0. The van der Waals surface area contributed by atoms with Crippen LogP contribution in [0.25, 0.3) is 0 Å². The molecule has 0 aliphatic rings. The number of allylic oxidation sites excluding steroid dienone is 10. The van der Waals surface area contributed by atoms with E-state index in [0.29, 0.717) is 19.3 Å². The molecule has 0 rings (SSSR count). The van der Waals surface area contributed by atoms with Crippen molar-refractivity contribution in [1.82, 2.24) is 0 Å². The summed E-state index contributed by atoms with van der Waals surface area (Å²) in [5.41, 5.74) is 0. The normalized spacial score (nSPS) is 12.4. The van der Waals surface area contributed by atoms with Crippen LogP contribution < -0.4 is 0 Å². The number of esters is 3. The molecule has 6 nitrogen and oxygen atoms in total. The van der Waals surface area contributed by atoms with Crippen LogP contribution in [-0.2, 0) is 28.6 Å². The minimum Gasteiger partial charge on any atom is -0.462 e. The van der Waals surface area contributed by atoms with Gasteiger partial charge in [-0.2, -0.15) is 0 Å². The highest BCUT2D eigenvalue weighted by atomic mass is 16.6. The smallest absolute Gasteiger partial charge is 0.306 e. The maximum Gasteiger partial charge on any atom is 0.306 e. The second-order valence-corrected chi connectivity index (χ2v) is 23.1.